The number of carbonyl (C=O) groups is 2. The van der Waals surface area contributed by atoms with Crippen LogP contribution >= 0.6 is 11.6 Å². The van der Waals surface area contributed by atoms with Crippen LogP contribution in [0.4, 0.5) is 4.79 Å². The second-order valence-corrected chi connectivity index (χ2v) is 6.32. The second-order valence-electron chi connectivity index (χ2n) is 5.88. The van der Waals surface area contributed by atoms with Gasteiger partial charge in [-0.15, -0.1) is 0 Å². The molecule has 134 valence electrons. The van der Waals surface area contributed by atoms with E-state index in [0.717, 1.165) is 16.3 Å². The number of carbonyl (C=O) groups excluding carboxylic acids is 2. The van der Waals surface area contributed by atoms with Crippen molar-refractivity contribution in [3.63, 3.8) is 0 Å². The van der Waals surface area contributed by atoms with E-state index < -0.39 is 6.03 Å². The minimum atomic E-state index is -0.545. The van der Waals surface area contributed by atoms with Crippen molar-refractivity contribution in [3.8, 4) is 16.9 Å². The lowest BCUT2D eigenvalue weighted by Crippen LogP contribution is -2.24. The number of benzene rings is 2. The molecule has 3 aromatic rings. The van der Waals surface area contributed by atoms with E-state index in [4.69, 9.17) is 11.6 Å². The van der Waals surface area contributed by atoms with Gasteiger partial charge in [0.25, 0.3) is 0 Å². The van der Waals surface area contributed by atoms with Crippen LogP contribution in [0.2, 0.25) is 5.02 Å². The van der Waals surface area contributed by atoms with Crippen molar-refractivity contribution in [1.29, 1.82) is 0 Å². The van der Waals surface area contributed by atoms with E-state index in [1.165, 1.54) is 6.21 Å². The molecule has 0 bridgehead atoms. The smallest absolute Gasteiger partial charge is 0.275 e. The number of hydrogen-bond acceptors (Lipinski definition) is 4. The third-order valence-corrected chi connectivity index (χ3v) is 4.21. The van der Waals surface area contributed by atoms with Gasteiger partial charge in [0, 0.05) is 22.3 Å². The van der Waals surface area contributed by atoms with E-state index >= 15 is 0 Å². The molecule has 0 aliphatic carbocycles. The van der Waals surface area contributed by atoms with Gasteiger partial charge in [0.1, 0.15) is 12.2 Å². The Labute approximate surface area is 159 Å². The summed E-state index contributed by atoms with van der Waals surface area (Å²) in [4.78, 5) is 23.0. The first kappa shape index (κ1) is 17.0. The minimum Gasteiger partial charge on any atom is -0.275 e. The van der Waals surface area contributed by atoms with Gasteiger partial charge in [-0.1, -0.05) is 41.9 Å². The molecule has 2 aromatic carbocycles. The van der Waals surface area contributed by atoms with Gasteiger partial charge in [-0.2, -0.15) is 10.2 Å². The van der Waals surface area contributed by atoms with Crippen LogP contribution in [0.25, 0.3) is 16.9 Å². The Balaban J connectivity index is 1.75. The number of rotatable bonds is 4. The monoisotopic (exact) mass is 379 g/mol. The van der Waals surface area contributed by atoms with Crippen LogP contribution < -0.4 is 5.32 Å². The molecule has 0 saturated carbocycles. The van der Waals surface area contributed by atoms with Crippen molar-refractivity contribution in [3.05, 3.63) is 71.4 Å². The van der Waals surface area contributed by atoms with E-state index in [1.807, 2.05) is 54.7 Å². The molecular weight excluding hydrogens is 366 g/mol. The highest BCUT2D eigenvalue weighted by Crippen LogP contribution is 2.25. The lowest BCUT2D eigenvalue weighted by atomic mass is 10.1. The third-order valence-electron chi connectivity index (χ3n) is 3.97. The maximum Gasteiger partial charge on any atom is 0.344 e. The molecule has 1 aromatic heterocycles. The number of amides is 3. The van der Waals surface area contributed by atoms with Gasteiger partial charge in [-0.3, -0.25) is 10.1 Å². The zero-order valence-electron chi connectivity index (χ0n) is 14.0. The molecule has 0 unspecified atom stereocenters. The van der Waals surface area contributed by atoms with Gasteiger partial charge in [0.2, 0.25) is 5.91 Å². The van der Waals surface area contributed by atoms with Crippen molar-refractivity contribution in [2.45, 2.75) is 0 Å². The summed E-state index contributed by atoms with van der Waals surface area (Å²) in [6.07, 6.45) is 3.33. The molecule has 0 radical (unpaired) electrons. The summed E-state index contributed by atoms with van der Waals surface area (Å²) in [5.74, 6) is -0.382. The molecule has 1 aliphatic heterocycles. The van der Waals surface area contributed by atoms with E-state index in [1.54, 1.807) is 10.7 Å². The number of urea groups is 1. The number of imide groups is 1. The van der Waals surface area contributed by atoms with E-state index in [9.17, 15) is 9.59 Å². The van der Waals surface area contributed by atoms with Gasteiger partial charge in [-0.05, 0) is 24.3 Å². The Morgan fingerprint density at radius 3 is 2.63 bits per heavy atom. The van der Waals surface area contributed by atoms with Crippen LogP contribution in [-0.4, -0.2) is 39.5 Å². The lowest BCUT2D eigenvalue weighted by molar-refractivity contribution is -0.118. The molecule has 1 N–H and O–H groups in total. The Morgan fingerprint density at radius 2 is 1.93 bits per heavy atom. The van der Waals surface area contributed by atoms with Crippen LogP contribution in [-0.2, 0) is 4.79 Å². The zero-order valence-corrected chi connectivity index (χ0v) is 14.8. The lowest BCUT2D eigenvalue weighted by Gasteiger charge is -2.04. The molecule has 4 rings (SSSR count). The summed E-state index contributed by atoms with van der Waals surface area (Å²) in [6, 6.07) is 16.4. The zero-order chi connectivity index (χ0) is 18.8. The Kier molecular flexibility index (Phi) is 4.43. The molecule has 1 saturated heterocycles. The maximum absolute atomic E-state index is 11.7. The van der Waals surface area contributed by atoms with E-state index in [2.05, 4.69) is 15.5 Å². The van der Waals surface area contributed by atoms with Crippen molar-refractivity contribution < 1.29 is 9.59 Å². The highest BCUT2D eigenvalue weighted by Gasteiger charge is 2.26. The second kappa shape index (κ2) is 7.05. The van der Waals surface area contributed by atoms with Crippen molar-refractivity contribution >= 4 is 29.8 Å². The van der Waals surface area contributed by atoms with E-state index in [-0.39, 0.29) is 12.5 Å². The molecule has 3 amide bonds. The molecule has 27 heavy (non-hydrogen) atoms. The molecule has 0 spiro atoms. The molecular formula is C19H14ClN5O2. The van der Waals surface area contributed by atoms with Crippen molar-refractivity contribution in [1.82, 2.24) is 20.1 Å². The summed E-state index contributed by atoms with van der Waals surface area (Å²) in [7, 11) is 0. The summed E-state index contributed by atoms with van der Waals surface area (Å²) in [5, 5.41) is 12.6. The SMILES string of the molecule is O=C1CN(/N=C\c2cn(-c3ccccc3)nc2-c2cccc(Cl)c2)C(=O)N1. The quantitative estimate of drug-likeness (QED) is 0.558. The van der Waals surface area contributed by atoms with Crippen LogP contribution in [0.1, 0.15) is 5.56 Å². The molecule has 2 heterocycles. The normalized spacial score (nSPS) is 14.2. The molecule has 1 fully saturated rings. The fourth-order valence-electron chi connectivity index (χ4n) is 2.71. The highest BCUT2D eigenvalue weighted by molar-refractivity contribution is 6.30. The molecule has 1 aliphatic rings. The standard InChI is InChI=1S/C19H14ClN5O2/c20-15-6-4-5-13(9-15)18-14(10-21-25-12-17(26)22-19(25)27)11-24(23-18)16-7-2-1-3-8-16/h1-11H,12H2,(H,22,26,27)/b21-10-. The van der Waals surface area contributed by atoms with Gasteiger partial charge in [0.05, 0.1) is 11.9 Å². The summed E-state index contributed by atoms with van der Waals surface area (Å²) in [6.45, 7) is -0.103. The maximum atomic E-state index is 11.7. The fourth-order valence-corrected chi connectivity index (χ4v) is 2.90. The topological polar surface area (TPSA) is 79.6 Å². The first-order valence-electron chi connectivity index (χ1n) is 8.16. The summed E-state index contributed by atoms with van der Waals surface area (Å²) >= 11 is 6.12. The number of para-hydroxylation sites is 1. The first-order valence-corrected chi connectivity index (χ1v) is 8.54. The van der Waals surface area contributed by atoms with E-state index in [0.29, 0.717) is 16.3 Å². The Hall–Kier alpha value is -3.45. The minimum absolute atomic E-state index is 0.103. The number of nitrogens with one attached hydrogen (secondary N) is 1. The van der Waals surface area contributed by atoms with Crippen LogP contribution in [0.15, 0.2) is 65.9 Å². The van der Waals surface area contributed by atoms with Crippen LogP contribution in [0, 0.1) is 0 Å². The fraction of sp³-hybridized carbons (Fsp3) is 0.0526. The van der Waals surface area contributed by atoms with Crippen LogP contribution in [0.3, 0.4) is 0 Å². The summed E-state index contributed by atoms with van der Waals surface area (Å²) < 4.78 is 1.73. The molecule has 8 heteroatoms. The van der Waals surface area contributed by atoms with Gasteiger partial charge in [-0.25, -0.2) is 14.5 Å². The third kappa shape index (κ3) is 3.58. The number of hydrogen-bond donors (Lipinski definition) is 1. The highest BCUT2D eigenvalue weighted by atomic mass is 35.5. The number of nitrogens with zero attached hydrogens (tertiary/aromatic N) is 4. The predicted octanol–water partition coefficient (Wildman–Crippen LogP) is 3.08. The number of aromatic nitrogens is 2. The molecule has 0 atom stereocenters. The Morgan fingerprint density at radius 1 is 1.11 bits per heavy atom. The van der Waals surface area contributed by atoms with Gasteiger partial charge >= 0.3 is 6.03 Å². The van der Waals surface area contributed by atoms with Gasteiger partial charge < -0.3 is 0 Å². The Bertz CT molecular complexity index is 1050. The van der Waals surface area contributed by atoms with Crippen LogP contribution in [0.5, 0.6) is 0 Å². The number of hydrazone groups is 1. The van der Waals surface area contributed by atoms with Crippen molar-refractivity contribution in [2.75, 3.05) is 6.54 Å². The largest absolute Gasteiger partial charge is 0.344 e. The average molecular weight is 380 g/mol. The van der Waals surface area contributed by atoms with Crippen molar-refractivity contribution in [2.24, 2.45) is 5.10 Å². The predicted molar refractivity (Wildman–Crippen MR) is 102 cm³/mol. The number of halogens is 1. The average Bonchev–Trinajstić information content (AvgIpc) is 3.23. The first-order chi connectivity index (χ1) is 13.1. The summed E-state index contributed by atoms with van der Waals surface area (Å²) in [5.41, 5.74) is 3.06. The van der Waals surface area contributed by atoms with Gasteiger partial charge in [0.15, 0.2) is 0 Å². The molecule has 7 nitrogen and oxygen atoms in total.